The average molecular weight is 370 g/mol. The SMILES string of the molecule is COc1cccc(OC[C@@H](O)CN2C[C@H]3C[C@H](C2)c2cccc(=O)n2C3)c1. The lowest BCUT2D eigenvalue weighted by Crippen LogP contribution is -2.49. The van der Waals surface area contributed by atoms with Crippen LogP contribution in [0.2, 0.25) is 0 Å². The van der Waals surface area contributed by atoms with Gasteiger partial charge in [-0.2, -0.15) is 0 Å². The molecule has 0 spiro atoms. The second-order valence-corrected chi connectivity index (χ2v) is 7.56. The summed E-state index contributed by atoms with van der Waals surface area (Å²) in [7, 11) is 1.62. The highest BCUT2D eigenvalue weighted by molar-refractivity contribution is 5.32. The minimum absolute atomic E-state index is 0.0994. The van der Waals surface area contributed by atoms with Crippen molar-refractivity contribution in [3.8, 4) is 11.5 Å². The Bertz CT molecular complexity index is 850. The minimum atomic E-state index is -0.562. The van der Waals surface area contributed by atoms with Crippen LogP contribution in [0.15, 0.2) is 47.3 Å². The van der Waals surface area contributed by atoms with Gasteiger partial charge in [0.05, 0.1) is 7.11 Å². The molecule has 2 bridgehead atoms. The summed E-state index contributed by atoms with van der Waals surface area (Å²) in [5.41, 5.74) is 1.23. The summed E-state index contributed by atoms with van der Waals surface area (Å²) in [6, 6.07) is 13.0. The first kappa shape index (κ1) is 18.1. The van der Waals surface area contributed by atoms with Gasteiger partial charge in [-0.1, -0.05) is 12.1 Å². The summed E-state index contributed by atoms with van der Waals surface area (Å²) in [5.74, 6) is 2.25. The fraction of sp³-hybridized carbons (Fsp3) is 0.476. The molecule has 6 heteroatoms. The molecule has 144 valence electrons. The zero-order valence-corrected chi connectivity index (χ0v) is 15.6. The Labute approximate surface area is 158 Å². The molecule has 0 unspecified atom stereocenters. The third-order valence-corrected chi connectivity index (χ3v) is 5.51. The Morgan fingerprint density at radius 1 is 1.15 bits per heavy atom. The predicted molar refractivity (Wildman–Crippen MR) is 102 cm³/mol. The van der Waals surface area contributed by atoms with Crippen LogP contribution in [-0.2, 0) is 6.54 Å². The number of benzene rings is 1. The number of aliphatic hydroxyl groups excluding tert-OH is 1. The molecule has 1 aromatic carbocycles. The minimum Gasteiger partial charge on any atom is -0.497 e. The number of methoxy groups -OCH3 is 1. The Morgan fingerprint density at radius 3 is 2.81 bits per heavy atom. The van der Waals surface area contributed by atoms with Crippen LogP contribution in [0.5, 0.6) is 11.5 Å². The first-order chi connectivity index (χ1) is 13.1. The normalized spacial score (nSPS) is 22.7. The lowest BCUT2D eigenvalue weighted by Gasteiger charge is -2.43. The summed E-state index contributed by atoms with van der Waals surface area (Å²) in [5, 5.41) is 10.4. The maximum Gasteiger partial charge on any atom is 0.250 e. The second kappa shape index (κ2) is 7.74. The number of piperidine rings is 1. The number of aromatic nitrogens is 1. The van der Waals surface area contributed by atoms with Crippen molar-refractivity contribution in [1.82, 2.24) is 9.47 Å². The maximum atomic E-state index is 12.1. The van der Waals surface area contributed by atoms with Gasteiger partial charge in [0.1, 0.15) is 24.2 Å². The number of likely N-dealkylation sites (tertiary alicyclic amines) is 1. The van der Waals surface area contributed by atoms with E-state index in [1.807, 2.05) is 34.9 Å². The standard InChI is InChI=1S/C21H26N2O4/c1-26-18-4-2-5-19(9-18)27-14-17(24)13-22-10-15-8-16(12-22)20-6-3-7-21(25)23(20)11-15/h2-7,9,15-17,24H,8,10-14H2,1H3/t15-,16-,17+/m1/s1. The van der Waals surface area contributed by atoms with Gasteiger partial charge in [-0.05, 0) is 30.5 Å². The van der Waals surface area contributed by atoms with Gasteiger partial charge in [-0.3, -0.25) is 9.69 Å². The Morgan fingerprint density at radius 2 is 1.96 bits per heavy atom. The van der Waals surface area contributed by atoms with Gasteiger partial charge in [0, 0.05) is 49.9 Å². The molecule has 27 heavy (non-hydrogen) atoms. The molecular formula is C21H26N2O4. The quantitative estimate of drug-likeness (QED) is 0.839. The van der Waals surface area contributed by atoms with Crippen molar-refractivity contribution in [2.24, 2.45) is 5.92 Å². The van der Waals surface area contributed by atoms with Crippen molar-refractivity contribution in [3.63, 3.8) is 0 Å². The number of hydrogen-bond acceptors (Lipinski definition) is 5. The van der Waals surface area contributed by atoms with Crippen molar-refractivity contribution < 1.29 is 14.6 Å². The van der Waals surface area contributed by atoms with Crippen LogP contribution in [0, 0.1) is 5.92 Å². The molecule has 2 aromatic rings. The zero-order valence-electron chi connectivity index (χ0n) is 15.6. The van der Waals surface area contributed by atoms with E-state index < -0.39 is 6.10 Å². The van der Waals surface area contributed by atoms with E-state index in [9.17, 15) is 9.90 Å². The van der Waals surface area contributed by atoms with Gasteiger partial charge in [0.25, 0.3) is 5.56 Å². The summed E-state index contributed by atoms with van der Waals surface area (Å²) in [4.78, 5) is 14.4. The van der Waals surface area contributed by atoms with Gasteiger partial charge >= 0.3 is 0 Å². The van der Waals surface area contributed by atoms with Crippen molar-refractivity contribution in [3.05, 3.63) is 58.5 Å². The molecule has 2 aliphatic rings. The second-order valence-electron chi connectivity index (χ2n) is 7.56. The summed E-state index contributed by atoms with van der Waals surface area (Å²) in [6.45, 7) is 3.38. The van der Waals surface area contributed by atoms with Gasteiger partial charge < -0.3 is 19.1 Å². The maximum absolute atomic E-state index is 12.1. The van der Waals surface area contributed by atoms with Crippen molar-refractivity contribution in [2.45, 2.75) is 25.0 Å². The third-order valence-electron chi connectivity index (χ3n) is 5.51. The van der Waals surface area contributed by atoms with Crippen molar-refractivity contribution in [2.75, 3.05) is 33.4 Å². The number of β-amino-alcohol motifs (C(OH)–C–C–N with tert-alkyl or cyclic N) is 1. The number of fused-ring (bicyclic) bond motifs is 4. The number of hydrogen-bond donors (Lipinski definition) is 1. The molecule has 0 amide bonds. The van der Waals surface area contributed by atoms with E-state index >= 15 is 0 Å². The Hall–Kier alpha value is -2.31. The van der Waals surface area contributed by atoms with E-state index in [4.69, 9.17) is 9.47 Å². The van der Waals surface area contributed by atoms with Crippen LogP contribution in [0.3, 0.4) is 0 Å². The molecule has 1 saturated heterocycles. The fourth-order valence-corrected chi connectivity index (χ4v) is 4.38. The molecule has 1 aromatic heterocycles. The highest BCUT2D eigenvalue weighted by Gasteiger charge is 2.34. The van der Waals surface area contributed by atoms with Gasteiger partial charge in [0.2, 0.25) is 0 Å². The van der Waals surface area contributed by atoms with E-state index in [-0.39, 0.29) is 12.2 Å². The zero-order chi connectivity index (χ0) is 18.8. The average Bonchev–Trinajstić information content (AvgIpc) is 2.67. The molecule has 2 aliphatic heterocycles. The van der Waals surface area contributed by atoms with E-state index in [1.165, 1.54) is 0 Å². The molecule has 1 N–H and O–H groups in total. The molecule has 3 heterocycles. The number of nitrogens with zero attached hydrogens (tertiary/aromatic N) is 2. The first-order valence-electron chi connectivity index (χ1n) is 9.49. The molecule has 1 fully saturated rings. The van der Waals surface area contributed by atoms with Crippen LogP contribution in [-0.4, -0.2) is 54.0 Å². The monoisotopic (exact) mass is 370 g/mol. The smallest absolute Gasteiger partial charge is 0.250 e. The number of rotatable bonds is 6. The Kier molecular flexibility index (Phi) is 5.18. The lowest BCUT2D eigenvalue weighted by molar-refractivity contribution is 0.0383. The highest BCUT2D eigenvalue weighted by Crippen LogP contribution is 2.34. The van der Waals surface area contributed by atoms with E-state index in [0.29, 0.717) is 24.1 Å². The third kappa shape index (κ3) is 4.01. The largest absolute Gasteiger partial charge is 0.497 e. The molecule has 6 nitrogen and oxygen atoms in total. The Balaban J connectivity index is 1.34. The van der Waals surface area contributed by atoms with Crippen LogP contribution in [0.4, 0.5) is 0 Å². The molecule has 0 aliphatic carbocycles. The van der Waals surface area contributed by atoms with Crippen LogP contribution in [0.25, 0.3) is 0 Å². The molecule has 3 atom stereocenters. The van der Waals surface area contributed by atoms with Crippen LogP contribution < -0.4 is 15.0 Å². The fourth-order valence-electron chi connectivity index (χ4n) is 4.38. The number of aliphatic hydroxyl groups is 1. The van der Waals surface area contributed by atoms with E-state index in [2.05, 4.69) is 11.0 Å². The topological polar surface area (TPSA) is 63.9 Å². The van der Waals surface area contributed by atoms with Crippen LogP contribution >= 0.6 is 0 Å². The molecule has 0 saturated carbocycles. The highest BCUT2D eigenvalue weighted by atomic mass is 16.5. The van der Waals surface area contributed by atoms with E-state index in [0.717, 1.165) is 37.5 Å². The molecule has 4 rings (SSSR count). The summed E-state index contributed by atoms with van der Waals surface area (Å²) in [6.07, 6.45) is 0.559. The first-order valence-corrected chi connectivity index (χ1v) is 9.49. The summed E-state index contributed by atoms with van der Waals surface area (Å²) >= 11 is 0. The van der Waals surface area contributed by atoms with Crippen molar-refractivity contribution >= 4 is 0 Å². The van der Waals surface area contributed by atoms with Crippen LogP contribution in [0.1, 0.15) is 18.0 Å². The molecule has 0 radical (unpaired) electrons. The number of ether oxygens (including phenoxy) is 2. The molecular weight excluding hydrogens is 344 g/mol. The van der Waals surface area contributed by atoms with Crippen molar-refractivity contribution in [1.29, 1.82) is 0 Å². The predicted octanol–water partition coefficient (Wildman–Crippen LogP) is 1.72. The summed E-state index contributed by atoms with van der Waals surface area (Å²) < 4.78 is 12.8. The number of pyridine rings is 1. The van der Waals surface area contributed by atoms with Gasteiger partial charge in [0.15, 0.2) is 0 Å². The van der Waals surface area contributed by atoms with Gasteiger partial charge in [-0.25, -0.2) is 0 Å². The lowest BCUT2D eigenvalue weighted by atomic mass is 9.83. The van der Waals surface area contributed by atoms with Gasteiger partial charge in [-0.15, -0.1) is 0 Å². The van der Waals surface area contributed by atoms with E-state index in [1.54, 1.807) is 13.2 Å².